The van der Waals surface area contributed by atoms with Crippen LogP contribution >= 0.6 is 11.6 Å². The molecule has 0 amide bonds. The van der Waals surface area contributed by atoms with Crippen LogP contribution in [-0.4, -0.2) is 26.7 Å². The molecule has 3 aromatic rings. The van der Waals surface area contributed by atoms with Gasteiger partial charge in [0.15, 0.2) is 0 Å². The Bertz CT molecular complexity index is 786. The molecule has 3 rings (SSSR count). The molecule has 6 nitrogen and oxygen atoms in total. The lowest BCUT2D eigenvalue weighted by molar-refractivity contribution is 0.417. The number of aryl methyl sites for hydroxylation is 1. The van der Waals surface area contributed by atoms with E-state index in [0.29, 0.717) is 16.5 Å². The van der Waals surface area contributed by atoms with Crippen molar-refractivity contribution >= 4 is 28.9 Å². The van der Waals surface area contributed by atoms with Crippen molar-refractivity contribution in [2.75, 3.05) is 12.4 Å². The number of benzene rings is 1. The van der Waals surface area contributed by atoms with Crippen LogP contribution in [0.2, 0.25) is 5.02 Å². The summed E-state index contributed by atoms with van der Waals surface area (Å²) in [6.45, 7) is 2.04. The summed E-state index contributed by atoms with van der Waals surface area (Å²) >= 11 is 6.05. The fourth-order valence-electron chi connectivity index (χ4n) is 2.05. The Balaban J connectivity index is 2.09. The molecule has 7 heteroatoms. The van der Waals surface area contributed by atoms with Crippen molar-refractivity contribution in [3.63, 3.8) is 0 Å². The predicted octanol–water partition coefficient (Wildman–Crippen LogP) is 3.09. The molecule has 0 radical (unpaired) electrons. The van der Waals surface area contributed by atoms with Crippen LogP contribution in [0.3, 0.4) is 0 Å². The van der Waals surface area contributed by atoms with E-state index in [2.05, 4.69) is 20.4 Å². The van der Waals surface area contributed by atoms with Gasteiger partial charge in [0, 0.05) is 16.8 Å². The van der Waals surface area contributed by atoms with Gasteiger partial charge in [-0.25, -0.2) is 4.98 Å². The molecule has 0 bridgehead atoms. The van der Waals surface area contributed by atoms with Crippen LogP contribution in [0.25, 0.3) is 5.78 Å². The molecule has 0 aliphatic heterocycles. The number of ether oxygens (including phenoxy) is 1. The Morgan fingerprint density at radius 2 is 2.19 bits per heavy atom. The van der Waals surface area contributed by atoms with Crippen LogP contribution in [0.5, 0.6) is 5.75 Å². The van der Waals surface area contributed by atoms with E-state index in [1.807, 2.05) is 19.1 Å². The van der Waals surface area contributed by atoms with Gasteiger partial charge >= 0.3 is 0 Å². The number of hydrogen-bond acceptors (Lipinski definition) is 5. The quantitative estimate of drug-likeness (QED) is 0.802. The highest BCUT2D eigenvalue weighted by molar-refractivity contribution is 6.31. The molecule has 1 N–H and O–H groups in total. The van der Waals surface area contributed by atoms with Crippen molar-refractivity contribution in [3.8, 4) is 5.75 Å². The second kappa shape index (κ2) is 5.57. The summed E-state index contributed by atoms with van der Waals surface area (Å²) < 4.78 is 6.98. The van der Waals surface area contributed by atoms with E-state index in [-0.39, 0.29) is 0 Å². The van der Waals surface area contributed by atoms with Gasteiger partial charge in [0.1, 0.15) is 17.9 Å². The minimum Gasteiger partial charge on any atom is -0.495 e. The van der Waals surface area contributed by atoms with Gasteiger partial charge in [-0.2, -0.15) is 14.6 Å². The van der Waals surface area contributed by atoms with Crippen molar-refractivity contribution in [2.45, 2.75) is 13.3 Å². The van der Waals surface area contributed by atoms with Crippen molar-refractivity contribution in [1.29, 1.82) is 0 Å². The molecule has 0 spiro atoms. The Kier molecular flexibility index (Phi) is 3.62. The summed E-state index contributed by atoms with van der Waals surface area (Å²) in [5, 5.41) is 8.08. The summed E-state index contributed by atoms with van der Waals surface area (Å²) in [4.78, 5) is 8.54. The summed E-state index contributed by atoms with van der Waals surface area (Å²) in [7, 11) is 1.61. The fourth-order valence-corrected chi connectivity index (χ4v) is 2.22. The molecular weight excluding hydrogens is 290 g/mol. The summed E-state index contributed by atoms with van der Waals surface area (Å²) in [5.41, 5.74) is 1.69. The lowest BCUT2D eigenvalue weighted by Crippen LogP contribution is -2.04. The van der Waals surface area contributed by atoms with Crippen LogP contribution in [0, 0.1) is 0 Å². The number of aromatic nitrogens is 4. The fraction of sp³-hybridized carbons (Fsp3) is 0.214. The maximum absolute atomic E-state index is 6.05. The summed E-state index contributed by atoms with van der Waals surface area (Å²) in [6.07, 6.45) is 2.28. The molecule has 0 aliphatic rings. The highest BCUT2D eigenvalue weighted by Gasteiger charge is 2.10. The summed E-state index contributed by atoms with van der Waals surface area (Å²) in [5.74, 6) is 2.01. The molecule has 0 unspecified atom stereocenters. The molecule has 0 fully saturated rings. The number of hydrogen-bond donors (Lipinski definition) is 1. The number of nitrogens with zero attached hydrogens (tertiary/aromatic N) is 4. The van der Waals surface area contributed by atoms with Crippen molar-refractivity contribution in [3.05, 3.63) is 41.3 Å². The topological polar surface area (TPSA) is 64.3 Å². The zero-order valence-corrected chi connectivity index (χ0v) is 12.4. The first kappa shape index (κ1) is 13.6. The molecule has 108 valence electrons. The lowest BCUT2D eigenvalue weighted by atomic mass is 10.2. The van der Waals surface area contributed by atoms with E-state index in [4.69, 9.17) is 16.3 Å². The van der Waals surface area contributed by atoms with Gasteiger partial charge in [-0.05, 0) is 24.6 Å². The third-order valence-corrected chi connectivity index (χ3v) is 3.33. The number of halogens is 1. The van der Waals surface area contributed by atoms with Crippen LogP contribution in [0.15, 0.2) is 30.6 Å². The molecule has 21 heavy (non-hydrogen) atoms. The highest BCUT2D eigenvalue weighted by Crippen LogP contribution is 2.30. The van der Waals surface area contributed by atoms with E-state index in [1.165, 1.54) is 6.33 Å². The number of anilines is 2. The predicted molar refractivity (Wildman–Crippen MR) is 81.4 cm³/mol. The van der Waals surface area contributed by atoms with Gasteiger partial charge in [-0.15, -0.1) is 0 Å². The standard InChI is InChI=1S/C14H14ClN5O/c1-3-10-7-13(20-14(18-10)16-8-17-20)19-11-6-9(15)4-5-12(11)21-2/h4-8,19H,3H2,1-2H3. The van der Waals surface area contributed by atoms with Gasteiger partial charge in [0.25, 0.3) is 5.78 Å². The second-order valence-corrected chi connectivity index (χ2v) is 4.86. The number of rotatable bonds is 4. The molecule has 0 atom stereocenters. The third-order valence-electron chi connectivity index (χ3n) is 3.09. The van der Waals surface area contributed by atoms with Gasteiger partial charge < -0.3 is 10.1 Å². The molecule has 1 aromatic carbocycles. The van der Waals surface area contributed by atoms with Gasteiger partial charge in [-0.1, -0.05) is 18.5 Å². The minimum atomic E-state index is 0.554. The number of methoxy groups -OCH3 is 1. The lowest BCUT2D eigenvalue weighted by Gasteiger charge is -2.13. The third kappa shape index (κ3) is 2.62. The first-order valence-electron chi connectivity index (χ1n) is 6.51. The molecule has 2 heterocycles. The van der Waals surface area contributed by atoms with E-state index in [1.54, 1.807) is 23.8 Å². The Labute approximate surface area is 126 Å². The first-order chi connectivity index (χ1) is 10.2. The minimum absolute atomic E-state index is 0.554. The van der Waals surface area contributed by atoms with Crippen LogP contribution < -0.4 is 10.1 Å². The van der Waals surface area contributed by atoms with Crippen molar-refractivity contribution in [1.82, 2.24) is 19.6 Å². The van der Waals surface area contributed by atoms with Crippen LogP contribution in [0.1, 0.15) is 12.6 Å². The second-order valence-electron chi connectivity index (χ2n) is 4.43. The van der Waals surface area contributed by atoms with Gasteiger partial charge in [0.2, 0.25) is 0 Å². The highest BCUT2D eigenvalue weighted by atomic mass is 35.5. The number of nitrogens with one attached hydrogen (secondary N) is 1. The Morgan fingerprint density at radius 1 is 1.33 bits per heavy atom. The van der Waals surface area contributed by atoms with Gasteiger partial charge in [-0.3, -0.25) is 0 Å². The van der Waals surface area contributed by atoms with E-state index in [9.17, 15) is 0 Å². The monoisotopic (exact) mass is 303 g/mol. The molecule has 0 saturated carbocycles. The maximum Gasteiger partial charge on any atom is 0.254 e. The SMILES string of the molecule is CCc1cc(Nc2cc(Cl)ccc2OC)n2ncnc2n1. The molecule has 0 aliphatic carbocycles. The average molecular weight is 304 g/mol. The normalized spacial score (nSPS) is 10.8. The zero-order valence-electron chi connectivity index (χ0n) is 11.7. The van der Waals surface area contributed by atoms with E-state index < -0.39 is 0 Å². The van der Waals surface area contributed by atoms with E-state index >= 15 is 0 Å². The zero-order chi connectivity index (χ0) is 14.8. The molecule has 0 saturated heterocycles. The molecule has 2 aromatic heterocycles. The Morgan fingerprint density at radius 3 is 2.95 bits per heavy atom. The average Bonchev–Trinajstić information content (AvgIpc) is 2.96. The first-order valence-corrected chi connectivity index (χ1v) is 6.89. The summed E-state index contributed by atoms with van der Waals surface area (Å²) in [6, 6.07) is 7.32. The molecular formula is C14H14ClN5O. The largest absolute Gasteiger partial charge is 0.495 e. The van der Waals surface area contributed by atoms with E-state index in [0.717, 1.165) is 23.6 Å². The number of fused-ring (bicyclic) bond motifs is 1. The Hall–Kier alpha value is -2.34. The van der Waals surface area contributed by atoms with Crippen LogP contribution in [0.4, 0.5) is 11.5 Å². The van der Waals surface area contributed by atoms with Crippen molar-refractivity contribution < 1.29 is 4.74 Å². The van der Waals surface area contributed by atoms with Crippen LogP contribution in [-0.2, 0) is 6.42 Å². The van der Waals surface area contributed by atoms with Gasteiger partial charge in [0.05, 0.1) is 12.8 Å². The van der Waals surface area contributed by atoms with Crippen molar-refractivity contribution in [2.24, 2.45) is 0 Å². The maximum atomic E-state index is 6.05. The smallest absolute Gasteiger partial charge is 0.254 e.